The van der Waals surface area contributed by atoms with Gasteiger partial charge < -0.3 is 20.1 Å². The van der Waals surface area contributed by atoms with E-state index in [-0.39, 0.29) is 0 Å². The molecule has 1 fully saturated rings. The van der Waals surface area contributed by atoms with Crippen LogP contribution in [0.15, 0.2) is 36.4 Å². The SMILES string of the molecule is CCc1cc(NC(Cc2ccccc2)C(=O)O)nc(N2CCOCC2)n1. The average Bonchev–Trinajstić information content (AvgIpc) is 2.68. The van der Waals surface area contributed by atoms with Gasteiger partial charge in [-0.15, -0.1) is 0 Å². The van der Waals surface area contributed by atoms with Crippen molar-refractivity contribution in [2.75, 3.05) is 36.5 Å². The van der Waals surface area contributed by atoms with Gasteiger partial charge in [-0.1, -0.05) is 37.3 Å². The molecule has 0 amide bonds. The van der Waals surface area contributed by atoms with Crippen molar-refractivity contribution in [1.29, 1.82) is 0 Å². The highest BCUT2D eigenvalue weighted by molar-refractivity contribution is 5.77. The number of benzene rings is 1. The van der Waals surface area contributed by atoms with Gasteiger partial charge in [0.25, 0.3) is 0 Å². The Morgan fingerprint density at radius 2 is 2.00 bits per heavy atom. The number of nitrogens with zero attached hydrogens (tertiary/aromatic N) is 3. The zero-order valence-corrected chi connectivity index (χ0v) is 14.9. The van der Waals surface area contributed by atoms with Gasteiger partial charge in [-0.05, 0) is 12.0 Å². The molecule has 0 bridgehead atoms. The number of carbonyl (C=O) groups is 1. The van der Waals surface area contributed by atoms with E-state index in [0.717, 1.165) is 30.8 Å². The molecule has 26 heavy (non-hydrogen) atoms. The zero-order valence-electron chi connectivity index (χ0n) is 14.9. The molecule has 2 N–H and O–H groups in total. The van der Waals surface area contributed by atoms with E-state index in [1.165, 1.54) is 0 Å². The fourth-order valence-electron chi connectivity index (χ4n) is 2.87. The number of ether oxygens (including phenoxy) is 1. The Hall–Kier alpha value is -2.67. The standard InChI is InChI=1S/C19H24N4O3/c1-2-15-13-17(22-19(20-15)23-8-10-26-11-9-23)21-16(18(24)25)12-14-6-4-3-5-7-14/h3-7,13,16H,2,8-12H2,1H3,(H,24,25)(H,20,21,22). The number of rotatable bonds is 7. The van der Waals surface area contributed by atoms with Crippen LogP contribution in [-0.4, -0.2) is 53.4 Å². The van der Waals surface area contributed by atoms with Crippen LogP contribution in [0.4, 0.5) is 11.8 Å². The van der Waals surface area contributed by atoms with Gasteiger partial charge in [0.05, 0.1) is 13.2 Å². The minimum atomic E-state index is -0.904. The molecule has 1 aromatic heterocycles. The summed E-state index contributed by atoms with van der Waals surface area (Å²) >= 11 is 0. The van der Waals surface area contributed by atoms with Crippen LogP contribution >= 0.6 is 0 Å². The maximum Gasteiger partial charge on any atom is 0.326 e. The highest BCUT2D eigenvalue weighted by Crippen LogP contribution is 2.17. The van der Waals surface area contributed by atoms with E-state index in [0.29, 0.717) is 31.4 Å². The molecular weight excluding hydrogens is 332 g/mol. The third kappa shape index (κ3) is 4.70. The number of aryl methyl sites for hydroxylation is 1. The number of aromatic nitrogens is 2. The highest BCUT2D eigenvalue weighted by Gasteiger charge is 2.20. The third-order valence-electron chi connectivity index (χ3n) is 4.33. The highest BCUT2D eigenvalue weighted by atomic mass is 16.5. The normalized spacial score (nSPS) is 15.5. The summed E-state index contributed by atoms with van der Waals surface area (Å²) in [5, 5.41) is 12.7. The summed E-state index contributed by atoms with van der Waals surface area (Å²) in [4.78, 5) is 22.9. The number of carboxylic acid groups (broad SMARTS) is 1. The fraction of sp³-hybridized carbons (Fsp3) is 0.421. The molecule has 0 spiro atoms. The maximum absolute atomic E-state index is 11.7. The van der Waals surface area contributed by atoms with E-state index in [4.69, 9.17) is 4.74 Å². The second-order valence-electron chi connectivity index (χ2n) is 6.22. The fourth-order valence-corrected chi connectivity index (χ4v) is 2.87. The predicted molar refractivity (Wildman–Crippen MR) is 99.6 cm³/mol. The Morgan fingerprint density at radius 1 is 1.27 bits per heavy atom. The average molecular weight is 356 g/mol. The molecule has 1 unspecified atom stereocenters. The molecular formula is C19H24N4O3. The summed E-state index contributed by atoms with van der Waals surface area (Å²) in [5.74, 6) is 0.263. The largest absolute Gasteiger partial charge is 0.480 e. The molecule has 0 saturated carbocycles. The molecule has 2 heterocycles. The van der Waals surface area contributed by atoms with Crippen LogP contribution < -0.4 is 10.2 Å². The number of hydrogen-bond acceptors (Lipinski definition) is 6. The quantitative estimate of drug-likeness (QED) is 0.784. The number of nitrogens with one attached hydrogen (secondary N) is 1. The minimum Gasteiger partial charge on any atom is -0.480 e. The van der Waals surface area contributed by atoms with Crippen molar-refractivity contribution in [3.8, 4) is 0 Å². The summed E-state index contributed by atoms with van der Waals surface area (Å²) < 4.78 is 5.38. The Balaban J connectivity index is 1.80. The molecule has 0 aliphatic carbocycles. The van der Waals surface area contributed by atoms with Gasteiger partial charge in [0.15, 0.2) is 0 Å². The first-order chi connectivity index (χ1) is 12.7. The summed E-state index contributed by atoms with van der Waals surface area (Å²) in [5.41, 5.74) is 1.85. The summed E-state index contributed by atoms with van der Waals surface area (Å²) in [7, 11) is 0. The van der Waals surface area contributed by atoms with E-state index in [2.05, 4.69) is 20.2 Å². The molecule has 1 saturated heterocycles. The van der Waals surface area contributed by atoms with Gasteiger partial charge in [-0.3, -0.25) is 0 Å². The lowest BCUT2D eigenvalue weighted by molar-refractivity contribution is -0.137. The van der Waals surface area contributed by atoms with Crippen molar-refractivity contribution in [3.05, 3.63) is 47.7 Å². The van der Waals surface area contributed by atoms with Crippen LogP contribution in [0.1, 0.15) is 18.2 Å². The van der Waals surface area contributed by atoms with Crippen molar-refractivity contribution in [2.45, 2.75) is 25.8 Å². The third-order valence-corrected chi connectivity index (χ3v) is 4.33. The Bertz CT molecular complexity index is 733. The number of hydrogen-bond donors (Lipinski definition) is 2. The lowest BCUT2D eigenvalue weighted by Gasteiger charge is -2.27. The van der Waals surface area contributed by atoms with Gasteiger partial charge in [-0.2, -0.15) is 4.98 Å². The van der Waals surface area contributed by atoms with Crippen LogP contribution in [0.25, 0.3) is 0 Å². The van der Waals surface area contributed by atoms with Crippen molar-refractivity contribution in [2.24, 2.45) is 0 Å². The van der Waals surface area contributed by atoms with Crippen LogP contribution in [-0.2, 0) is 22.4 Å². The first-order valence-corrected chi connectivity index (χ1v) is 8.89. The summed E-state index contributed by atoms with van der Waals surface area (Å²) in [6.45, 7) is 4.79. The topological polar surface area (TPSA) is 87.6 Å². The van der Waals surface area contributed by atoms with E-state index >= 15 is 0 Å². The van der Waals surface area contributed by atoms with Crippen molar-refractivity contribution in [3.63, 3.8) is 0 Å². The molecule has 1 aliphatic rings. The Labute approximate surface area is 153 Å². The second kappa shape index (κ2) is 8.62. The number of anilines is 2. The van der Waals surface area contributed by atoms with E-state index in [1.807, 2.05) is 43.3 Å². The van der Waals surface area contributed by atoms with Crippen LogP contribution in [0.2, 0.25) is 0 Å². The lowest BCUT2D eigenvalue weighted by atomic mass is 10.1. The van der Waals surface area contributed by atoms with E-state index < -0.39 is 12.0 Å². The summed E-state index contributed by atoms with van der Waals surface area (Å²) in [6.07, 6.45) is 1.14. The Kier molecular flexibility index (Phi) is 6.01. The van der Waals surface area contributed by atoms with Gasteiger partial charge in [0, 0.05) is 31.3 Å². The molecule has 0 radical (unpaired) electrons. The predicted octanol–water partition coefficient (Wildman–Crippen LogP) is 1.98. The van der Waals surface area contributed by atoms with Crippen molar-refractivity contribution in [1.82, 2.24) is 9.97 Å². The Morgan fingerprint density at radius 3 is 2.65 bits per heavy atom. The smallest absolute Gasteiger partial charge is 0.326 e. The number of morpholine rings is 1. The van der Waals surface area contributed by atoms with Crippen LogP contribution in [0.5, 0.6) is 0 Å². The van der Waals surface area contributed by atoms with E-state index in [9.17, 15) is 9.90 Å². The monoisotopic (exact) mass is 356 g/mol. The minimum absolute atomic E-state index is 0.383. The molecule has 2 aromatic rings. The first-order valence-electron chi connectivity index (χ1n) is 8.89. The van der Waals surface area contributed by atoms with Crippen LogP contribution in [0.3, 0.4) is 0 Å². The molecule has 7 nitrogen and oxygen atoms in total. The lowest BCUT2D eigenvalue weighted by Crippen LogP contribution is -2.38. The van der Waals surface area contributed by atoms with Crippen molar-refractivity contribution >= 4 is 17.7 Å². The molecule has 1 aromatic carbocycles. The van der Waals surface area contributed by atoms with Crippen molar-refractivity contribution < 1.29 is 14.6 Å². The number of aliphatic carboxylic acids is 1. The second-order valence-corrected chi connectivity index (χ2v) is 6.22. The summed E-state index contributed by atoms with van der Waals surface area (Å²) in [6, 6.07) is 10.6. The van der Waals surface area contributed by atoms with Gasteiger partial charge in [0.2, 0.25) is 5.95 Å². The molecule has 1 aliphatic heterocycles. The van der Waals surface area contributed by atoms with Gasteiger partial charge in [-0.25, -0.2) is 9.78 Å². The molecule has 138 valence electrons. The molecule has 3 rings (SSSR count). The van der Waals surface area contributed by atoms with Crippen LogP contribution in [0, 0.1) is 0 Å². The zero-order chi connectivity index (χ0) is 18.4. The molecule has 7 heteroatoms. The van der Waals surface area contributed by atoms with E-state index in [1.54, 1.807) is 0 Å². The maximum atomic E-state index is 11.7. The van der Waals surface area contributed by atoms with Gasteiger partial charge >= 0.3 is 5.97 Å². The number of carboxylic acids is 1. The first kappa shape index (κ1) is 18.1. The van der Waals surface area contributed by atoms with Gasteiger partial charge in [0.1, 0.15) is 11.9 Å². The molecule has 1 atom stereocenters.